The predicted octanol–water partition coefficient (Wildman–Crippen LogP) is 1.49. The molecule has 0 radical (unpaired) electrons. The lowest BCUT2D eigenvalue weighted by Crippen LogP contribution is -2.33. The highest BCUT2D eigenvalue weighted by molar-refractivity contribution is 5.95. The molecule has 0 unspecified atom stereocenters. The number of nitrogen functional groups attached to an aromatic ring is 1. The van der Waals surface area contributed by atoms with Gasteiger partial charge in [-0.15, -0.1) is 0 Å². The molecule has 0 spiro atoms. The van der Waals surface area contributed by atoms with Crippen molar-refractivity contribution in [1.29, 1.82) is 0 Å². The van der Waals surface area contributed by atoms with Crippen LogP contribution in [0.4, 0.5) is 11.4 Å². The number of benzene rings is 1. The summed E-state index contributed by atoms with van der Waals surface area (Å²) in [7, 11) is 0. The molecule has 0 amide bonds. The standard InChI is InChI=1S/C14H16N4O2/c1-9-6-10(7-11(13(9)15)14(19)20)18-5-4-17-3-2-16-12(17)8-18/h2-3,6-7H,4-5,8,15H2,1H3,(H,19,20). The summed E-state index contributed by atoms with van der Waals surface area (Å²) >= 11 is 0. The van der Waals surface area contributed by atoms with Crippen LogP contribution in [0.5, 0.6) is 0 Å². The molecule has 1 aromatic heterocycles. The Balaban J connectivity index is 1.97. The zero-order valence-corrected chi connectivity index (χ0v) is 11.2. The molecule has 2 aromatic rings. The summed E-state index contributed by atoms with van der Waals surface area (Å²) in [5.74, 6) is -0.00596. The molecule has 0 bridgehead atoms. The van der Waals surface area contributed by atoms with E-state index in [-0.39, 0.29) is 5.56 Å². The molecule has 0 aliphatic carbocycles. The maximum Gasteiger partial charge on any atom is 0.337 e. The number of hydrogen-bond acceptors (Lipinski definition) is 4. The van der Waals surface area contributed by atoms with Gasteiger partial charge in [-0.25, -0.2) is 9.78 Å². The van der Waals surface area contributed by atoms with E-state index < -0.39 is 5.97 Å². The third-order valence-corrected chi connectivity index (χ3v) is 3.71. The lowest BCUT2D eigenvalue weighted by molar-refractivity contribution is 0.0698. The van der Waals surface area contributed by atoms with Gasteiger partial charge in [-0.05, 0) is 24.6 Å². The van der Waals surface area contributed by atoms with Gasteiger partial charge in [0, 0.05) is 36.9 Å². The number of hydrogen-bond donors (Lipinski definition) is 2. The molecule has 0 atom stereocenters. The van der Waals surface area contributed by atoms with Crippen molar-refractivity contribution in [2.75, 3.05) is 17.2 Å². The SMILES string of the molecule is Cc1cc(N2CCn3ccnc3C2)cc(C(=O)O)c1N. The molecule has 6 heteroatoms. The number of aromatic carboxylic acids is 1. The van der Waals surface area contributed by atoms with E-state index in [1.54, 1.807) is 12.3 Å². The molecule has 0 fully saturated rings. The number of anilines is 2. The molecule has 0 saturated carbocycles. The average molecular weight is 272 g/mol. The lowest BCUT2D eigenvalue weighted by atomic mass is 10.1. The van der Waals surface area contributed by atoms with Crippen molar-refractivity contribution in [2.45, 2.75) is 20.0 Å². The van der Waals surface area contributed by atoms with Crippen molar-refractivity contribution in [3.63, 3.8) is 0 Å². The van der Waals surface area contributed by atoms with E-state index in [0.717, 1.165) is 30.2 Å². The number of aryl methyl sites for hydroxylation is 1. The number of nitrogens with two attached hydrogens (primary N) is 1. The first-order valence-corrected chi connectivity index (χ1v) is 6.44. The van der Waals surface area contributed by atoms with Crippen molar-refractivity contribution < 1.29 is 9.90 Å². The topological polar surface area (TPSA) is 84.4 Å². The van der Waals surface area contributed by atoms with Crippen LogP contribution in [0, 0.1) is 6.92 Å². The summed E-state index contributed by atoms with van der Waals surface area (Å²) in [6.07, 6.45) is 3.75. The van der Waals surface area contributed by atoms with Gasteiger partial charge in [-0.3, -0.25) is 0 Å². The lowest BCUT2D eigenvalue weighted by Gasteiger charge is -2.30. The first kappa shape index (κ1) is 12.5. The highest BCUT2D eigenvalue weighted by Gasteiger charge is 2.20. The fourth-order valence-corrected chi connectivity index (χ4v) is 2.53. The van der Waals surface area contributed by atoms with Crippen LogP contribution in [-0.2, 0) is 13.1 Å². The van der Waals surface area contributed by atoms with Crippen LogP contribution >= 0.6 is 0 Å². The summed E-state index contributed by atoms with van der Waals surface area (Å²) in [4.78, 5) is 17.7. The molecule has 3 N–H and O–H groups in total. The molecule has 6 nitrogen and oxygen atoms in total. The number of aromatic nitrogens is 2. The van der Waals surface area contributed by atoms with Crippen molar-refractivity contribution in [1.82, 2.24) is 9.55 Å². The van der Waals surface area contributed by atoms with Crippen molar-refractivity contribution in [2.24, 2.45) is 0 Å². The second-order valence-electron chi connectivity index (χ2n) is 4.99. The second kappa shape index (κ2) is 4.56. The van der Waals surface area contributed by atoms with Crippen LogP contribution in [0.2, 0.25) is 0 Å². The van der Waals surface area contributed by atoms with E-state index in [9.17, 15) is 9.90 Å². The first-order chi connectivity index (χ1) is 9.56. The quantitative estimate of drug-likeness (QED) is 0.809. The number of rotatable bonds is 2. The normalized spacial score (nSPS) is 14.2. The smallest absolute Gasteiger partial charge is 0.337 e. The van der Waals surface area contributed by atoms with Gasteiger partial charge in [0.15, 0.2) is 0 Å². The third-order valence-electron chi connectivity index (χ3n) is 3.71. The Labute approximate surface area is 116 Å². The molecule has 1 aliphatic heterocycles. The van der Waals surface area contributed by atoms with Gasteiger partial charge >= 0.3 is 5.97 Å². The van der Waals surface area contributed by atoms with Crippen molar-refractivity contribution >= 4 is 17.3 Å². The number of nitrogens with zero attached hydrogens (tertiary/aromatic N) is 3. The van der Waals surface area contributed by atoms with Crippen LogP contribution in [-0.4, -0.2) is 27.2 Å². The summed E-state index contributed by atoms with van der Waals surface area (Å²) < 4.78 is 2.11. The minimum absolute atomic E-state index is 0.161. The highest BCUT2D eigenvalue weighted by atomic mass is 16.4. The van der Waals surface area contributed by atoms with Crippen LogP contribution in [0.3, 0.4) is 0 Å². The van der Waals surface area contributed by atoms with Crippen LogP contribution in [0.1, 0.15) is 21.7 Å². The molecule has 3 rings (SSSR count). The Hall–Kier alpha value is -2.50. The Morgan fingerprint density at radius 1 is 1.40 bits per heavy atom. The second-order valence-corrected chi connectivity index (χ2v) is 4.99. The van der Waals surface area contributed by atoms with Crippen LogP contribution in [0.25, 0.3) is 0 Å². The van der Waals surface area contributed by atoms with E-state index in [2.05, 4.69) is 14.5 Å². The summed E-state index contributed by atoms with van der Waals surface area (Å²) in [6, 6.07) is 3.57. The van der Waals surface area contributed by atoms with Gasteiger partial charge in [0.2, 0.25) is 0 Å². The number of carbonyl (C=O) groups is 1. The summed E-state index contributed by atoms with van der Waals surface area (Å²) in [5, 5.41) is 9.22. The largest absolute Gasteiger partial charge is 0.478 e. The molecule has 20 heavy (non-hydrogen) atoms. The van der Waals surface area contributed by atoms with Crippen LogP contribution in [0.15, 0.2) is 24.5 Å². The zero-order chi connectivity index (χ0) is 14.3. The van der Waals surface area contributed by atoms with E-state index >= 15 is 0 Å². The molecule has 2 heterocycles. The van der Waals surface area contributed by atoms with Gasteiger partial charge in [-0.1, -0.05) is 0 Å². The Kier molecular flexibility index (Phi) is 2.85. The van der Waals surface area contributed by atoms with Crippen LogP contribution < -0.4 is 10.6 Å². The molecule has 104 valence electrons. The predicted molar refractivity (Wildman–Crippen MR) is 75.8 cm³/mol. The van der Waals surface area contributed by atoms with Gasteiger partial charge in [-0.2, -0.15) is 0 Å². The van der Waals surface area contributed by atoms with Gasteiger partial charge in [0.1, 0.15) is 5.82 Å². The third kappa shape index (κ3) is 1.99. The zero-order valence-electron chi connectivity index (χ0n) is 11.2. The molecular weight excluding hydrogens is 256 g/mol. The van der Waals surface area contributed by atoms with Gasteiger partial charge in [0.05, 0.1) is 12.1 Å². The number of imidazole rings is 1. The highest BCUT2D eigenvalue weighted by Crippen LogP contribution is 2.27. The van der Waals surface area contributed by atoms with E-state index in [1.807, 2.05) is 19.2 Å². The summed E-state index contributed by atoms with van der Waals surface area (Å²) in [6.45, 7) is 4.18. The number of carboxylic acids is 1. The van der Waals surface area contributed by atoms with E-state index in [0.29, 0.717) is 12.2 Å². The minimum atomic E-state index is -0.994. The molecule has 0 saturated heterocycles. The average Bonchev–Trinajstić information content (AvgIpc) is 2.88. The summed E-state index contributed by atoms with van der Waals surface area (Å²) in [5.41, 5.74) is 7.98. The van der Waals surface area contributed by atoms with E-state index in [4.69, 9.17) is 5.73 Å². The maximum atomic E-state index is 11.3. The molecular formula is C14H16N4O2. The Morgan fingerprint density at radius 3 is 2.95 bits per heavy atom. The van der Waals surface area contributed by atoms with E-state index in [1.165, 1.54) is 0 Å². The van der Waals surface area contributed by atoms with Crippen molar-refractivity contribution in [3.8, 4) is 0 Å². The Bertz CT molecular complexity index is 678. The number of fused-ring (bicyclic) bond motifs is 1. The minimum Gasteiger partial charge on any atom is -0.478 e. The monoisotopic (exact) mass is 272 g/mol. The Morgan fingerprint density at radius 2 is 2.20 bits per heavy atom. The fraction of sp³-hybridized carbons (Fsp3) is 0.286. The molecule has 1 aliphatic rings. The molecule has 1 aromatic carbocycles. The van der Waals surface area contributed by atoms with Crippen molar-refractivity contribution in [3.05, 3.63) is 41.5 Å². The van der Waals surface area contributed by atoms with Gasteiger partial charge in [0.25, 0.3) is 0 Å². The number of carboxylic acid groups (broad SMARTS) is 1. The maximum absolute atomic E-state index is 11.3. The fourth-order valence-electron chi connectivity index (χ4n) is 2.53. The van der Waals surface area contributed by atoms with Gasteiger partial charge < -0.3 is 20.3 Å². The first-order valence-electron chi connectivity index (χ1n) is 6.44.